The molecule has 0 aliphatic heterocycles. The normalized spacial score (nSPS) is 17.2. The predicted octanol–water partition coefficient (Wildman–Crippen LogP) is 8.87. The van der Waals surface area contributed by atoms with Crippen molar-refractivity contribution >= 4 is 41.1 Å². The van der Waals surface area contributed by atoms with Gasteiger partial charge in [0.25, 0.3) is 0 Å². The number of ketones is 1. The number of carbonyl (C=O) groups is 1. The lowest BCUT2D eigenvalue weighted by atomic mass is 9.89. The molecule has 0 heterocycles. The molecule has 5 rings (SSSR count). The largest absolute Gasteiger partial charge is 0.497 e. The number of carbonyl (C=O) groups excluding carboxylic acids is 1. The molecule has 200 valence electrons. The number of hydrogen-bond acceptors (Lipinski definition) is 6. The van der Waals surface area contributed by atoms with E-state index in [1.807, 2.05) is 53.5 Å². The Morgan fingerprint density at radius 3 is 1.54 bits per heavy atom. The van der Waals surface area contributed by atoms with Gasteiger partial charge >= 0.3 is 0 Å². The Morgan fingerprint density at radius 2 is 1.13 bits per heavy atom. The first-order chi connectivity index (χ1) is 19.1. The summed E-state index contributed by atoms with van der Waals surface area (Å²) in [7, 11) is 3.33. The smallest absolute Gasteiger partial charge is 0.136 e. The Balaban J connectivity index is 1.59. The second-order valence-electron chi connectivity index (χ2n) is 9.49. The van der Waals surface area contributed by atoms with Crippen molar-refractivity contribution in [3.8, 4) is 11.5 Å². The van der Waals surface area contributed by atoms with Crippen molar-refractivity contribution in [3.63, 3.8) is 0 Å². The van der Waals surface area contributed by atoms with Crippen LogP contribution in [-0.4, -0.2) is 23.4 Å². The van der Waals surface area contributed by atoms with Crippen LogP contribution in [0.15, 0.2) is 124 Å². The van der Waals surface area contributed by atoms with E-state index in [0.717, 1.165) is 23.5 Å². The van der Waals surface area contributed by atoms with E-state index in [1.54, 1.807) is 14.2 Å². The van der Waals surface area contributed by atoms with Gasteiger partial charge in [-0.3, -0.25) is 4.79 Å². The minimum absolute atomic E-state index is 0.120. The maximum Gasteiger partial charge on any atom is 0.136 e. The number of Topliss-reactive ketones (excluding diaryl/α,β-unsaturated/α-hetero) is 1. The van der Waals surface area contributed by atoms with Crippen LogP contribution in [0.1, 0.15) is 18.4 Å². The Labute approximate surface area is 244 Å². The van der Waals surface area contributed by atoms with Crippen LogP contribution in [0.5, 0.6) is 11.5 Å². The standard InChI is InChI=1S/C33H32O3S3/c1-35-25-20-24(21-26(23-25)36-2)22-30-31(18-19-32(30)34)33(37-27-12-6-3-7-13-27,38-28-14-8-4-9-15-28)39-29-16-10-5-11-17-29/h3-17,20-21,23,30-31H,18-19,22H2,1-2H3/t30-,31+/m0/s1. The number of thioether (sulfide) groups is 3. The van der Waals surface area contributed by atoms with Crippen LogP contribution in [-0.2, 0) is 11.2 Å². The van der Waals surface area contributed by atoms with Gasteiger partial charge in [-0.25, -0.2) is 0 Å². The lowest BCUT2D eigenvalue weighted by molar-refractivity contribution is -0.121. The maximum absolute atomic E-state index is 13.6. The summed E-state index contributed by atoms with van der Waals surface area (Å²) in [5.74, 6) is 1.83. The van der Waals surface area contributed by atoms with Gasteiger partial charge in [-0.1, -0.05) is 89.9 Å². The first-order valence-corrected chi connectivity index (χ1v) is 15.5. The molecule has 0 radical (unpaired) electrons. The average Bonchev–Trinajstić information content (AvgIpc) is 3.34. The van der Waals surface area contributed by atoms with Crippen molar-refractivity contribution in [1.82, 2.24) is 0 Å². The van der Waals surface area contributed by atoms with Gasteiger partial charge in [0.15, 0.2) is 0 Å². The van der Waals surface area contributed by atoms with Crippen LogP contribution in [0.3, 0.4) is 0 Å². The zero-order chi connectivity index (χ0) is 27.1. The van der Waals surface area contributed by atoms with E-state index in [1.165, 1.54) is 14.7 Å². The maximum atomic E-state index is 13.6. The fraction of sp³-hybridized carbons (Fsp3) is 0.242. The number of methoxy groups -OCH3 is 2. The van der Waals surface area contributed by atoms with Crippen LogP contribution < -0.4 is 9.47 Å². The molecule has 4 aromatic rings. The first kappa shape index (κ1) is 27.8. The molecule has 0 amide bonds. The van der Waals surface area contributed by atoms with E-state index >= 15 is 0 Å². The summed E-state index contributed by atoms with van der Waals surface area (Å²) in [4.78, 5) is 17.2. The summed E-state index contributed by atoms with van der Waals surface area (Å²) in [6.45, 7) is 0. The third kappa shape index (κ3) is 6.86. The van der Waals surface area contributed by atoms with Crippen molar-refractivity contribution in [2.24, 2.45) is 11.8 Å². The van der Waals surface area contributed by atoms with Crippen molar-refractivity contribution in [3.05, 3.63) is 115 Å². The van der Waals surface area contributed by atoms with E-state index in [4.69, 9.17) is 9.47 Å². The molecule has 4 aromatic carbocycles. The molecule has 39 heavy (non-hydrogen) atoms. The molecular weight excluding hydrogens is 541 g/mol. The van der Waals surface area contributed by atoms with E-state index in [-0.39, 0.29) is 15.2 Å². The number of rotatable bonds is 11. The fourth-order valence-corrected chi connectivity index (χ4v) is 10.5. The van der Waals surface area contributed by atoms with E-state index < -0.39 is 0 Å². The van der Waals surface area contributed by atoms with Crippen LogP contribution in [0.25, 0.3) is 0 Å². The summed E-state index contributed by atoms with van der Waals surface area (Å²) in [6.07, 6.45) is 2.10. The molecule has 2 atom stereocenters. The Morgan fingerprint density at radius 1 is 0.692 bits per heavy atom. The second-order valence-corrected chi connectivity index (χ2v) is 14.2. The molecule has 1 saturated carbocycles. The minimum atomic E-state index is -0.371. The summed E-state index contributed by atoms with van der Waals surface area (Å²) in [5.41, 5.74) is 1.06. The fourth-order valence-electron chi connectivity index (χ4n) is 5.07. The van der Waals surface area contributed by atoms with Crippen molar-refractivity contribution < 1.29 is 14.3 Å². The molecule has 0 aromatic heterocycles. The summed E-state index contributed by atoms with van der Waals surface area (Å²) < 4.78 is 10.7. The van der Waals surface area contributed by atoms with E-state index in [0.29, 0.717) is 18.6 Å². The highest BCUT2D eigenvalue weighted by Crippen LogP contribution is 2.63. The molecule has 0 N–H and O–H groups in total. The highest BCUT2D eigenvalue weighted by molar-refractivity contribution is 8.33. The van der Waals surface area contributed by atoms with Gasteiger partial charge in [-0.05, 0) is 66.9 Å². The van der Waals surface area contributed by atoms with Crippen LogP contribution in [0.4, 0.5) is 0 Å². The van der Waals surface area contributed by atoms with Gasteiger partial charge in [0.1, 0.15) is 20.7 Å². The third-order valence-corrected chi connectivity index (χ3v) is 11.7. The van der Waals surface area contributed by atoms with Crippen molar-refractivity contribution in [2.45, 2.75) is 37.4 Å². The molecule has 0 saturated heterocycles. The van der Waals surface area contributed by atoms with Gasteiger partial charge in [-0.15, -0.1) is 0 Å². The van der Waals surface area contributed by atoms with Crippen molar-refractivity contribution in [1.29, 1.82) is 0 Å². The molecule has 0 spiro atoms. The molecule has 6 heteroatoms. The third-order valence-electron chi connectivity index (χ3n) is 6.93. The number of ether oxygens (including phenoxy) is 2. The summed E-state index contributed by atoms with van der Waals surface area (Å²) in [6, 6.07) is 37.7. The Kier molecular flexibility index (Phi) is 9.28. The minimum Gasteiger partial charge on any atom is -0.497 e. The highest BCUT2D eigenvalue weighted by atomic mass is 32.3. The Hall–Kier alpha value is -2.80. The van der Waals surface area contributed by atoms with E-state index in [2.05, 4.69) is 91.0 Å². The molecule has 1 fully saturated rings. The predicted molar refractivity (Wildman–Crippen MR) is 164 cm³/mol. The van der Waals surface area contributed by atoms with E-state index in [9.17, 15) is 4.79 Å². The van der Waals surface area contributed by atoms with Crippen LogP contribution in [0, 0.1) is 11.8 Å². The Bertz CT molecular complexity index is 1240. The zero-order valence-corrected chi connectivity index (χ0v) is 24.6. The zero-order valence-electron chi connectivity index (χ0n) is 22.1. The average molecular weight is 573 g/mol. The van der Waals surface area contributed by atoms with Gasteiger partial charge in [0, 0.05) is 39.0 Å². The molecule has 3 nitrogen and oxygen atoms in total. The van der Waals surface area contributed by atoms with Gasteiger partial charge in [0.2, 0.25) is 0 Å². The lowest BCUT2D eigenvalue weighted by Gasteiger charge is -2.40. The van der Waals surface area contributed by atoms with Crippen LogP contribution in [0.2, 0.25) is 0 Å². The second kappa shape index (κ2) is 13.0. The summed E-state index contributed by atoms with van der Waals surface area (Å²) in [5, 5.41) is 0. The highest BCUT2D eigenvalue weighted by Gasteiger charge is 2.51. The van der Waals surface area contributed by atoms with Gasteiger partial charge in [0.05, 0.1) is 14.2 Å². The lowest BCUT2D eigenvalue weighted by Crippen LogP contribution is -2.33. The van der Waals surface area contributed by atoms with Crippen molar-refractivity contribution in [2.75, 3.05) is 14.2 Å². The first-order valence-electron chi connectivity index (χ1n) is 13.1. The molecule has 1 aliphatic rings. The SMILES string of the molecule is COc1cc(C[C@@H]2C(=O)CC[C@H]2C(Sc2ccccc2)(Sc2ccccc2)Sc2ccccc2)cc(OC)c1. The quantitative estimate of drug-likeness (QED) is 0.132. The number of hydrogen-bond donors (Lipinski definition) is 0. The van der Waals surface area contributed by atoms with Crippen LogP contribution >= 0.6 is 35.3 Å². The molecule has 0 unspecified atom stereocenters. The van der Waals surface area contributed by atoms with Gasteiger partial charge in [-0.2, -0.15) is 0 Å². The molecule has 0 bridgehead atoms. The number of benzene rings is 4. The summed E-state index contributed by atoms with van der Waals surface area (Å²) >= 11 is 5.64. The van der Waals surface area contributed by atoms with Gasteiger partial charge < -0.3 is 9.47 Å². The topological polar surface area (TPSA) is 35.5 Å². The molecule has 1 aliphatic carbocycles. The molecular formula is C33H32O3S3. The monoisotopic (exact) mass is 572 g/mol.